The molecule has 0 saturated carbocycles. The second-order valence-corrected chi connectivity index (χ2v) is 6.25. The number of rotatable bonds is 3. The number of carbonyl (C=O) groups is 1. The van der Waals surface area contributed by atoms with E-state index in [1.54, 1.807) is 17.9 Å². The second-order valence-electron chi connectivity index (χ2n) is 6.25. The average molecular weight is 367 g/mol. The summed E-state index contributed by atoms with van der Waals surface area (Å²) in [5, 5.41) is 3.86. The van der Waals surface area contributed by atoms with E-state index in [0.29, 0.717) is 55.3 Å². The highest BCUT2D eigenvalue weighted by Gasteiger charge is 2.32. The summed E-state index contributed by atoms with van der Waals surface area (Å²) < 4.78 is 43.8. The Morgan fingerprint density at radius 2 is 1.92 bits per heavy atom. The number of anilines is 1. The zero-order valence-electron chi connectivity index (χ0n) is 14.6. The molecule has 0 spiro atoms. The number of piperazine rings is 1. The van der Waals surface area contributed by atoms with E-state index in [4.69, 9.17) is 4.52 Å². The van der Waals surface area contributed by atoms with Gasteiger partial charge in [0.1, 0.15) is 11.3 Å². The first kappa shape index (κ1) is 18.3. The number of halogens is 3. The minimum atomic E-state index is -4.36. The van der Waals surface area contributed by atoms with E-state index < -0.39 is 11.7 Å². The highest BCUT2D eigenvalue weighted by molar-refractivity contribution is 5.96. The number of amides is 1. The lowest BCUT2D eigenvalue weighted by Crippen LogP contribution is -2.49. The molecule has 0 atom stereocenters. The van der Waals surface area contributed by atoms with Crippen LogP contribution in [0.5, 0.6) is 0 Å². The molecule has 0 unspecified atom stereocenters. The predicted octanol–water partition coefficient (Wildman–Crippen LogP) is 3.53. The summed E-state index contributed by atoms with van der Waals surface area (Å²) in [7, 11) is 0. The van der Waals surface area contributed by atoms with E-state index in [9.17, 15) is 18.0 Å². The average Bonchev–Trinajstić information content (AvgIpc) is 3.01. The molecule has 1 aromatic carbocycles. The number of hydrogen-bond acceptors (Lipinski definition) is 4. The molecule has 140 valence electrons. The number of benzene rings is 1. The van der Waals surface area contributed by atoms with Crippen LogP contribution >= 0.6 is 0 Å². The smallest absolute Gasteiger partial charge is 0.368 e. The van der Waals surface area contributed by atoms with Gasteiger partial charge in [-0.3, -0.25) is 4.79 Å². The third kappa shape index (κ3) is 3.54. The highest BCUT2D eigenvalue weighted by Crippen LogP contribution is 2.32. The molecule has 2 heterocycles. The molecule has 1 saturated heterocycles. The maximum atomic E-state index is 12.9. The van der Waals surface area contributed by atoms with Gasteiger partial charge in [0.05, 0.1) is 11.3 Å². The standard InChI is InChI=1S/C18H20F3N3O2/c1-3-15-16(12(2)22-26-15)17(25)24-9-7-23(8-10-24)14-6-4-5-13(11-14)18(19,20)21/h4-6,11H,3,7-10H2,1-2H3. The van der Waals surface area contributed by atoms with Crippen LogP contribution in [0, 0.1) is 6.92 Å². The van der Waals surface area contributed by atoms with Gasteiger partial charge >= 0.3 is 6.18 Å². The van der Waals surface area contributed by atoms with Crippen molar-refractivity contribution in [3.63, 3.8) is 0 Å². The van der Waals surface area contributed by atoms with Crippen molar-refractivity contribution in [3.8, 4) is 0 Å². The summed E-state index contributed by atoms with van der Waals surface area (Å²) in [6.07, 6.45) is -3.79. The number of alkyl halides is 3. The number of carbonyl (C=O) groups excluding carboxylic acids is 1. The first-order chi connectivity index (χ1) is 12.3. The predicted molar refractivity (Wildman–Crippen MR) is 90.2 cm³/mol. The first-order valence-corrected chi connectivity index (χ1v) is 8.48. The van der Waals surface area contributed by atoms with Gasteiger partial charge < -0.3 is 14.3 Å². The molecule has 5 nitrogen and oxygen atoms in total. The normalized spacial score (nSPS) is 15.4. The van der Waals surface area contributed by atoms with Crippen LogP contribution in [0.4, 0.5) is 18.9 Å². The summed E-state index contributed by atoms with van der Waals surface area (Å²) in [4.78, 5) is 16.3. The lowest BCUT2D eigenvalue weighted by molar-refractivity contribution is -0.137. The van der Waals surface area contributed by atoms with Gasteiger partial charge in [0.2, 0.25) is 0 Å². The molecule has 0 N–H and O–H groups in total. The molecule has 0 aliphatic carbocycles. The maximum Gasteiger partial charge on any atom is 0.416 e. The van der Waals surface area contributed by atoms with Gasteiger partial charge in [-0.1, -0.05) is 18.1 Å². The van der Waals surface area contributed by atoms with E-state index in [1.165, 1.54) is 6.07 Å². The Kier molecular flexibility index (Phi) is 4.93. The Labute approximate surface area is 149 Å². The van der Waals surface area contributed by atoms with Gasteiger partial charge in [0.15, 0.2) is 0 Å². The van der Waals surface area contributed by atoms with Gasteiger partial charge in [-0.15, -0.1) is 0 Å². The van der Waals surface area contributed by atoms with Gasteiger partial charge in [0, 0.05) is 38.3 Å². The topological polar surface area (TPSA) is 49.6 Å². The van der Waals surface area contributed by atoms with Gasteiger partial charge in [-0.25, -0.2) is 0 Å². The van der Waals surface area contributed by atoms with Crippen LogP contribution in [0.2, 0.25) is 0 Å². The minimum absolute atomic E-state index is 0.135. The maximum absolute atomic E-state index is 12.9. The number of aryl methyl sites for hydroxylation is 2. The molecule has 0 radical (unpaired) electrons. The van der Waals surface area contributed by atoms with Gasteiger partial charge in [-0.2, -0.15) is 13.2 Å². The fourth-order valence-electron chi connectivity index (χ4n) is 3.14. The molecule has 1 amide bonds. The summed E-state index contributed by atoms with van der Waals surface area (Å²) >= 11 is 0. The van der Waals surface area contributed by atoms with Crippen molar-refractivity contribution in [1.29, 1.82) is 0 Å². The number of nitrogens with zero attached hydrogens (tertiary/aromatic N) is 3. The molecule has 26 heavy (non-hydrogen) atoms. The van der Waals surface area contributed by atoms with Crippen molar-refractivity contribution in [2.75, 3.05) is 31.1 Å². The van der Waals surface area contributed by atoms with E-state index in [2.05, 4.69) is 5.16 Å². The van der Waals surface area contributed by atoms with Crippen LogP contribution in [0.25, 0.3) is 0 Å². The quantitative estimate of drug-likeness (QED) is 0.833. The van der Waals surface area contributed by atoms with E-state index >= 15 is 0 Å². The Hall–Kier alpha value is -2.51. The highest BCUT2D eigenvalue weighted by atomic mass is 19.4. The van der Waals surface area contributed by atoms with Crippen LogP contribution in [-0.2, 0) is 12.6 Å². The number of aromatic nitrogens is 1. The minimum Gasteiger partial charge on any atom is -0.368 e. The molecule has 3 rings (SSSR count). The molecular weight excluding hydrogens is 347 g/mol. The van der Waals surface area contributed by atoms with Crippen molar-refractivity contribution in [2.24, 2.45) is 0 Å². The van der Waals surface area contributed by atoms with Crippen LogP contribution in [0.3, 0.4) is 0 Å². The van der Waals surface area contributed by atoms with E-state index in [0.717, 1.165) is 12.1 Å². The van der Waals surface area contributed by atoms with Gasteiger partial charge in [0.25, 0.3) is 5.91 Å². The molecule has 1 fully saturated rings. The second kappa shape index (κ2) is 7.01. The summed E-state index contributed by atoms with van der Waals surface area (Å²) in [6.45, 7) is 5.43. The SMILES string of the molecule is CCc1onc(C)c1C(=O)N1CCN(c2cccc(C(F)(F)F)c2)CC1. The van der Waals surface area contributed by atoms with E-state index in [-0.39, 0.29) is 5.91 Å². The first-order valence-electron chi connectivity index (χ1n) is 8.48. The third-order valence-corrected chi connectivity index (χ3v) is 4.57. The molecule has 0 bridgehead atoms. The zero-order valence-corrected chi connectivity index (χ0v) is 14.6. The van der Waals surface area contributed by atoms with Gasteiger partial charge in [-0.05, 0) is 25.1 Å². The lowest BCUT2D eigenvalue weighted by Gasteiger charge is -2.36. The Bertz CT molecular complexity index is 793. The van der Waals surface area contributed by atoms with Crippen molar-refractivity contribution < 1.29 is 22.5 Å². The Morgan fingerprint density at radius 1 is 1.23 bits per heavy atom. The molecular formula is C18H20F3N3O2. The van der Waals surface area contributed by atoms with Crippen molar-refractivity contribution in [2.45, 2.75) is 26.4 Å². The Morgan fingerprint density at radius 3 is 2.54 bits per heavy atom. The third-order valence-electron chi connectivity index (χ3n) is 4.57. The van der Waals surface area contributed by atoms with E-state index in [1.807, 2.05) is 11.8 Å². The van der Waals surface area contributed by atoms with Crippen LogP contribution in [0.1, 0.15) is 34.3 Å². The van der Waals surface area contributed by atoms with Crippen molar-refractivity contribution >= 4 is 11.6 Å². The summed E-state index contributed by atoms with van der Waals surface area (Å²) in [6, 6.07) is 5.27. The fraction of sp³-hybridized carbons (Fsp3) is 0.444. The summed E-state index contributed by atoms with van der Waals surface area (Å²) in [5.41, 5.74) is 0.913. The fourth-order valence-corrected chi connectivity index (χ4v) is 3.14. The van der Waals surface area contributed by atoms with Crippen molar-refractivity contribution in [1.82, 2.24) is 10.1 Å². The summed E-state index contributed by atoms with van der Waals surface area (Å²) in [5.74, 6) is 0.428. The molecule has 8 heteroatoms. The lowest BCUT2D eigenvalue weighted by atomic mass is 10.1. The van der Waals surface area contributed by atoms with Crippen LogP contribution in [0.15, 0.2) is 28.8 Å². The van der Waals surface area contributed by atoms with Crippen LogP contribution in [-0.4, -0.2) is 42.1 Å². The molecule has 1 aliphatic heterocycles. The zero-order chi connectivity index (χ0) is 18.9. The monoisotopic (exact) mass is 367 g/mol. The molecule has 2 aromatic rings. The largest absolute Gasteiger partial charge is 0.416 e. The van der Waals surface area contributed by atoms with Crippen LogP contribution < -0.4 is 4.90 Å². The van der Waals surface area contributed by atoms with Crippen molar-refractivity contribution in [3.05, 3.63) is 46.8 Å². The Balaban J connectivity index is 1.70. The molecule has 1 aromatic heterocycles. The molecule has 1 aliphatic rings. The number of hydrogen-bond donors (Lipinski definition) is 0.